The van der Waals surface area contributed by atoms with Crippen LogP contribution in [0.4, 0.5) is 0 Å². The summed E-state index contributed by atoms with van der Waals surface area (Å²) in [6.07, 6.45) is 4.16. The molecule has 7 heavy (non-hydrogen) atoms. The number of hydrogen-bond donors (Lipinski definition) is 0. The second-order valence-corrected chi connectivity index (χ2v) is 1.19. The van der Waals surface area contributed by atoms with Gasteiger partial charge in [-0.15, -0.1) is 0 Å². The number of hydrogen-bond acceptors (Lipinski definition) is 1. The molecule has 1 heteroatoms. The van der Waals surface area contributed by atoms with Crippen molar-refractivity contribution >= 4 is 6.29 Å². The number of rotatable bonds is 2. The van der Waals surface area contributed by atoms with E-state index < -0.39 is 0 Å². The molecule has 38 valence electrons. The summed E-state index contributed by atoms with van der Waals surface area (Å²) in [6, 6.07) is 0. The van der Waals surface area contributed by atoms with Gasteiger partial charge in [0.2, 0.25) is 0 Å². The molecular formula is C6H8O. The standard InChI is InChI=1S/C6H8O/c1-3-4-6(2)5-7/h3-5H,2H2,1H3. The van der Waals surface area contributed by atoms with Gasteiger partial charge >= 0.3 is 0 Å². The van der Waals surface area contributed by atoms with Crippen molar-refractivity contribution in [3.63, 3.8) is 0 Å². The molecule has 0 aliphatic carbocycles. The van der Waals surface area contributed by atoms with Gasteiger partial charge in [-0.3, -0.25) is 4.79 Å². The van der Waals surface area contributed by atoms with Crippen molar-refractivity contribution < 1.29 is 4.79 Å². The SMILES string of the molecule is C=C(C=O)C=CC. The van der Waals surface area contributed by atoms with Gasteiger partial charge in [-0.1, -0.05) is 18.7 Å². The molecule has 0 radical (unpaired) electrons. The van der Waals surface area contributed by atoms with E-state index in [0.717, 1.165) is 6.29 Å². The molecule has 0 rings (SSSR count). The third-order valence-corrected chi connectivity index (χ3v) is 0.532. The first-order valence-electron chi connectivity index (χ1n) is 2.08. The van der Waals surface area contributed by atoms with Crippen LogP contribution in [0.15, 0.2) is 24.3 Å². The zero-order valence-corrected chi connectivity index (χ0v) is 4.35. The highest BCUT2D eigenvalue weighted by molar-refractivity contribution is 5.76. The van der Waals surface area contributed by atoms with Gasteiger partial charge in [0, 0.05) is 5.57 Å². The molecule has 0 fully saturated rings. The largest absolute Gasteiger partial charge is 0.298 e. The van der Waals surface area contributed by atoms with Crippen LogP contribution in [0.25, 0.3) is 0 Å². The predicted molar refractivity (Wildman–Crippen MR) is 30.0 cm³/mol. The van der Waals surface area contributed by atoms with E-state index in [1.165, 1.54) is 0 Å². The Bertz CT molecular complexity index is 101. The first kappa shape index (κ1) is 6.15. The van der Waals surface area contributed by atoms with E-state index in [2.05, 4.69) is 6.58 Å². The molecule has 0 heterocycles. The molecular weight excluding hydrogens is 88.1 g/mol. The van der Waals surface area contributed by atoms with Crippen molar-refractivity contribution in [3.8, 4) is 0 Å². The molecule has 1 nitrogen and oxygen atoms in total. The maximum absolute atomic E-state index is 9.74. The predicted octanol–water partition coefficient (Wildman–Crippen LogP) is 1.32. The van der Waals surface area contributed by atoms with Gasteiger partial charge in [0.25, 0.3) is 0 Å². The molecule has 0 spiro atoms. The van der Waals surface area contributed by atoms with Crippen LogP contribution in [0.3, 0.4) is 0 Å². The van der Waals surface area contributed by atoms with Crippen LogP contribution in [0.2, 0.25) is 0 Å². The van der Waals surface area contributed by atoms with Crippen LogP contribution < -0.4 is 0 Å². The summed E-state index contributed by atoms with van der Waals surface area (Å²) in [5, 5.41) is 0. The Morgan fingerprint density at radius 3 is 2.43 bits per heavy atom. The average Bonchev–Trinajstić information content (AvgIpc) is 1.68. The summed E-state index contributed by atoms with van der Waals surface area (Å²) in [4.78, 5) is 9.74. The van der Waals surface area contributed by atoms with Crippen molar-refractivity contribution in [2.24, 2.45) is 0 Å². The van der Waals surface area contributed by atoms with Crippen LogP contribution in [0, 0.1) is 0 Å². The van der Waals surface area contributed by atoms with Crippen molar-refractivity contribution in [2.45, 2.75) is 6.92 Å². The monoisotopic (exact) mass is 96.1 g/mol. The molecule has 0 aliphatic heterocycles. The van der Waals surface area contributed by atoms with Crippen molar-refractivity contribution in [3.05, 3.63) is 24.3 Å². The second-order valence-electron chi connectivity index (χ2n) is 1.19. The minimum Gasteiger partial charge on any atom is -0.298 e. The molecule has 0 unspecified atom stereocenters. The molecule has 0 atom stereocenters. The summed E-state index contributed by atoms with van der Waals surface area (Å²) >= 11 is 0. The lowest BCUT2D eigenvalue weighted by Crippen LogP contribution is -1.70. The number of carbonyl (C=O) groups excluding carboxylic acids is 1. The molecule has 0 aromatic rings. The topological polar surface area (TPSA) is 17.1 Å². The molecule has 0 aromatic heterocycles. The van der Waals surface area contributed by atoms with Crippen LogP contribution in [-0.2, 0) is 4.79 Å². The van der Waals surface area contributed by atoms with Gasteiger partial charge in [0.15, 0.2) is 0 Å². The van der Waals surface area contributed by atoms with E-state index in [-0.39, 0.29) is 0 Å². The molecule has 0 saturated heterocycles. The van der Waals surface area contributed by atoms with Crippen LogP contribution >= 0.6 is 0 Å². The number of aldehydes is 1. The first-order chi connectivity index (χ1) is 3.31. The van der Waals surface area contributed by atoms with E-state index in [1.54, 1.807) is 12.2 Å². The molecule has 0 aliphatic rings. The normalized spacial score (nSPS) is 9.29. The van der Waals surface area contributed by atoms with Crippen molar-refractivity contribution in [1.29, 1.82) is 0 Å². The Hall–Kier alpha value is -0.850. The fourth-order valence-corrected chi connectivity index (χ4v) is 0.253. The lowest BCUT2D eigenvalue weighted by Gasteiger charge is -1.75. The number of carbonyl (C=O) groups is 1. The minimum absolute atomic E-state index is 0.516. The van der Waals surface area contributed by atoms with Crippen LogP contribution in [0.1, 0.15) is 6.92 Å². The minimum atomic E-state index is 0.516. The molecule has 0 aromatic carbocycles. The van der Waals surface area contributed by atoms with Crippen LogP contribution in [-0.4, -0.2) is 6.29 Å². The molecule has 0 bridgehead atoms. The highest BCUT2D eigenvalue weighted by atomic mass is 16.1. The Labute approximate surface area is 43.3 Å². The van der Waals surface area contributed by atoms with Gasteiger partial charge in [-0.25, -0.2) is 0 Å². The maximum atomic E-state index is 9.74. The van der Waals surface area contributed by atoms with E-state index in [4.69, 9.17) is 0 Å². The highest BCUT2D eigenvalue weighted by Gasteiger charge is 1.74. The van der Waals surface area contributed by atoms with E-state index in [1.807, 2.05) is 6.92 Å². The molecule has 0 amide bonds. The molecule has 0 saturated carbocycles. The first-order valence-corrected chi connectivity index (χ1v) is 2.08. The third-order valence-electron chi connectivity index (χ3n) is 0.532. The van der Waals surface area contributed by atoms with E-state index >= 15 is 0 Å². The quantitative estimate of drug-likeness (QED) is 0.288. The summed E-state index contributed by atoms with van der Waals surface area (Å²) < 4.78 is 0. The third kappa shape index (κ3) is 2.97. The van der Waals surface area contributed by atoms with Gasteiger partial charge < -0.3 is 0 Å². The lowest BCUT2D eigenvalue weighted by atomic mass is 10.3. The Kier molecular flexibility index (Phi) is 2.94. The average molecular weight is 96.1 g/mol. The van der Waals surface area contributed by atoms with Gasteiger partial charge in [-0.05, 0) is 6.92 Å². The van der Waals surface area contributed by atoms with Crippen molar-refractivity contribution in [1.82, 2.24) is 0 Å². The lowest BCUT2D eigenvalue weighted by molar-refractivity contribution is -0.104. The smallest absolute Gasteiger partial charge is 0.149 e. The summed E-state index contributed by atoms with van der Waals surface area (Å²) in [6.45, 7) is 5.25. The van der Waals surface area contributed by atoms with Gasteiger partial charge in [0.1, 0.15) is 6.29 Å². The van der Waals surface area contributed by atoms with Gasteiger partial charge in [0.05, 0.1) is 0 Å². The Morgan fingerprint density at radius 2 is 2.29 bits per heavy atom. The zero-order valence-electron chi connectivity index (χ0n) is 4.35. The zero-order chi connectivity index (χ0) is 5.70. The Morgan fingerprint density at radius 1 is 1.71 bits per heavy atom. The summed E-state index contributed by atoms with van der Waals surface area (Å²) in [7, 11) is 0. The maximum Gasteiger partial charge on any atom is 0.149 e. The van der Waals surface area contributed by atoms with Gasteiger partial charge in [-0.2, -0.15) is 0 Å². The Balaban J connectivity index is 3.58. The van der Waals surface area contributed by atoms with E-state index in [9.17, 15) is 4.79 Å². The fraction of sp³-hybridized carbons (Fsp3) is 0.167. The van der Waals surface area contributed by atoms with E-state index in [0.29, 0.717) is 5.57 Å². The summed E-state index contributed by atoms with van der Waals surface area (Å²) in [5.74, 6) is 0. The fourth-order valence-electron chi connectivity index (χ4n) is 0.253. The highest BCUT2D eigenvalue weighted by Crippen LogP contribution is 1.83. The number of allylic oxidation sites excluding steroid dienone is 3. The summed E-state index contributed by atoms with van der Waals surface area (Å²) in [5.41, 5.74) is 0.516. The second kappa shape index (κ2) is 3.34. The van der Waals surface area contributed by atoms with Crippen LogP contribution in [0.5, 0.6) is 0 Å². The molecule has 0 N–H and O–H groups in total. The van der Waals surface area contributed by atoms with Crippen molar-refractivity contribution in [2.75, 3.05) is 0 Å².